The Morgan fingerprint density at radius 3 is 2.62 bits per heavy atom. The van der Waals surface area contributed by atoms with Gasteiger partial charge in [0.15, 0.2) is 11.4 Å². The van der Waals surface area contributed by atoms with Crippen LogP contribution < -0.4 is 15.0 Å². The molecule has 1 N–H and O–H groups in total. The number of nitrogens with one attached hydrogen (secondary N) is 1. The van der Waals surface area contributed by atoms with Crippen molar-refractivity contribution in [1.82, 2.24) is 14.7 Å². The number of halogens is 3. The van der Waals surface area contributed by atoms with E-state index in [0.29, 0.717) is 45.5 Å². The minimum atomic E-state index is -0.313. The van der Waals surface area contributed by atoms with Gasteiger partial charge < -0.3 is 15.0 Å². The summed E-state index contributed by atoms with van der Waals surface area (Å²) in [5.74, 6) is 0.0556. The Labute approximate surface area is 233 Å². The number of hydrogen-bond acceptors (Lipinski definition) is 4. The SMILES string of the molecule is Cc1nc2c(OCc3c(Cl)ccc(N(C)C(=O)CNC(=O)CCc4ccccc4)c3Cl)cccn2c1Br. The van der Waals surface area contributed by atoms with E-state index in [0.717, 1.165) is 15.9 Å². The zero-order valence-electron chi connectivity index (χ0n) is 20.3. The molecule has 4 rings (SSSR count). The number of nitrogens with zero attached hydrogens (tertiary/aromatic N) is 3. The predicted octanol–water partition coefficient (Wildman–Crippen LogP) is 6.00. The molecule has 0 fully saturated rings. The predicted molar refractivity (Wildman–Crippen MR) is 150 cm³/mol. The van der Waals surface area contributed by atoms with E-state index in [1.807, 2.05) is 60.0 Å². The molecule has 2 aromatic heterocycles. The number of likely N-dealkylation sites (N-methyl/N-ethyl adjacent to an activating group) is 1. The number of ether oxygens (including phenoxy) is 1. The van der Waals surface area contributed by atoms with Crippen molar-refractivity contribution in [3.8, 4) is 5.75 Å². The van der Waals surface area contributed by atoms with Crippen LogP contribution in [-0.4, -0.2) is 34.8 Å². The fourth-order valence-corrected chi connectivity index (χ4v) is 4.77. The molecule has 0 atom stereocenters. The number of aryl methyl sites for hydroxylation is 2. The number of benzene rings is 2. The number of rotatable bonds is 9. The second-order valence-electron chi connectivity index (χ2n) is 8.42. The Hall–Kier alpha value is -3.07. The molecule has 192 valence electrons. The second-order valence-corrected chi connectivity index (χ2v) is 9.95. The van der Waals surface area contributed by atoms with Gasteiger partial charge in [-0.25, -0.2) is 4.98 Å². The largest absolute Gasteiger partial charge is 0.485 e. The van der Waals surface area contributed by atoms with Gasteiger partial charge in [-0.05, 0) is 59.1 Å². The maximum atomic E-state index is 12.8. The van der Waals surface area contributed by atoms with Crippen LogP contribution in [0.1, 0.15) is 23.2 Å². The summed E-state index contributed by atoms with van der Waals surface area (Å²) in [6, 6.07) is 16.7. The van der Waals surface area contributed by atoms with Crippen molar-refractivity contribution in [3.63, 3.8) is 0 Å². The maximum Gasteiger partial charge on any atom is 0.246 e. The number of carbonyl (C=O) groups is 2. The van der Waals surface area contributed by atoms with Crippen LogP contribution >= 0.6 is 39.1 Å². The van der Waals surface area contributed by atoms with Gasteiger partial charge in [0.1, 0.15) is 11.2 Å². The third-order valence-electron chi connectivity index (χ3n) is 5.91. The number of anilines is 1. The number of imidazole rings is 1. The molecular formula is C27H25BrCl2N4O3. The quantitative estimate of drug-likeness (QED) is 0.254. The van der Waals surface area contributed by atoms with Crippen molar-refractivity contribution < 1.29 is 14.3 Å². The average molecular weight is 604 g/mol. The van der Waals surface area contributed by atoms with Gasteiger partial charge in [0.25, 0.3) is 0 Å². The average Bonchev–Trinajstić information content (AvgIpc) is 3.20. The van der Waals surface area contributed by atoms with Crippen LogP contribution in [0.5, 0.6) is 5.75 Å². The molecule has 0 spiro atoms. The minimum absolute atomic E-state index is 0.0763. The second kappa shape index (κ2) is 12.0. The smallest absolute Gasteiger partial charge is 0.246 e. The molecule has 0 saturated carbocycles. The van der Waals surface area contributed by atoms with Crippen LogP contribution in [0.25, 0.3) is 5.65 Å². The van der Waals surface area contributed by atoms with Crippen LogP contribution in [0.2, 0.25) is 10.0 Å². The van der Waals surface area contributed by atoms with E-state index < -0.39 is 0 Å². The summed E-state index contributed by atoms with van der Waals surface area (Å²) >= 11 is 16.6. The maximum absolute atomic E-state index is 12.8. The Morgan fingerprint density at radius 1 is 1.11 bits per heavy atom. The molecule has 0 aliphatic heterocycles. The van der Waals surface area contributed by atoms with Gasteiger partial charge in [-0.15, -0.1) is 0 Å². The van der Waals surface area contributed by atoms with E-state index in [1.54, 1.807) is 19.2 Å². The summed E-state index contributed by atoms with van der Waals surface area (Å²) in [6.07, 6.45) is 2.78. The van der Waals surface area contributed by atoms with Crippen LogP contribution in [0, 0.1) is 6.92 Å². The summed E-state index contributed by atoms with van der Waals surface area (Å²) in [7, 11) is 1.60. The lowest BCUT2D eigenvalue weighted by atomic mass is 10.1. The lowest BCUT2D eigenvalue weighted by molar-refractivity contribution is -0.124. The lowest BCUT2D eigenvalue weighted by Crippen LogP contribution is -2.38. The van der Waals surface area contributed by atoms with Crippen LogP contribution in [0.3, 0.4) is 0 Å². The van der Waals surface area contributed by atoms with Gasteiger partial charge in [-0.1, -0.05) is 53.5 Å². The van der Waals surface area contributed by atoms with Gasteiger partial charge in [0.05, 0.1) is 22.9 Å². The van der Waals surface area contributed by atoms with Crippen LogP contribution in [-0.2, 0) is 22.6 Å². The van der Waals surface area contributed by atoms with Gasteiger partial charge >= 0.3 is 0 Å². The Balaban J connectivity index is 1.40. The van der Waals surface area contributed by atoms with E-state index in [1.165, 1.54) is 4.90 Å². The molecule has 37 heavy (non-hydrogen) atoms. The van der Waals surface area contributed by atoms with Gasteiger partial charge in [0, 0.05) is 30.3 Å². The zero-order chi connectivity index (χ0) is 26.5. The molecular weight excluding hydrogens is 579 g/mol. The molecule has 4 aromatic rings. The van der Waals surface area contributed by atoms with Crippen molar-refractivity contribution >= 4 is 62.3 Å². The normalized spacial score (nSPS) is 10.9. The fourth-order valence-electron chi connectivity index (χ4n) is 3.78. The highest BCUT2D eigenvalue weighted by atomic mass is 79.9. The first-order chi connectivity index (χ1) is 17.8. The van der Waals surface area contributed by atoms with Crippen molar-refractivity contribution in [2.75, 3.05) is 18.5 Å². The molecule has 2 amide bonds. The van der Waals surface area contributed by atoms with Crippen molar-refractivity contribution in [2.45, 2.75) is 26.4 Å². The standard InChI is InChI=1S/C27H25BrCl2N4O3/c1-17-26(28)34-14-6-9-22(27(34)32-17)37-16-19-20(29)11-12-21(25(19)30)33(2)24(36)15-31-23(35)13-10-18-7-4-3-5-8-18/h3-9,11-12,14H,10,13,15-16H2,1-2H3,(H,31,35). The third-order valence-corrected chi connectivity index (χ3v) is 7.64. The molecule has 10 heteroatoms. The number of aromatic nitrogens is 2. The van der Waals surface area contributed by atoms with E-state index in [9.17, 15) is 9.59 Å². The molecule has 0 aliphatic carbocycles. The molecule has 0 unspecified atom stereocenters. The van der Waals surface area contributed by atoms with E-state index in [-0.39, 0.29) is 25.0 Å². The highest BCUT2D eigenvalue weighted by Gasteiger charge is 2.20. The van der Waals surface area contributed by atoms with Crippen LogP contribution in [0.15, 0.2) is 65.4 Å². The van der Waals surface area contributed by atoms with Crippen molar-refractivity contribution in [2.24, 2.45) is 0 Å². The number of pyridine rings is 1. The summed E-state index contributed by atoms with van der Waals surface area (Å²) in [5, 5.41) is 3.39. The number of carbonyl (C=O) groups excluding carboxylic acids is 2. The van der Waals surface area contributed by atoms with Crippen molar-refractivity contribution in [1.29, 1.82) is 0 Å². The summed E-state index contributed by atoms with van der Waals surface area (Å²) in [5.41, 5.74) is 3.56. The minimum Gasteiger partial charge on any atom is -0.485 e. The van der Waals surface area contributed by atoms with E-state index >= 15 is 0 Å². The molecule has 2 aromatic carbocycles. The van der Waals surface area contributed by atoms with Gasteiger partial charge in [-0.2, -0.15) is 0 Å². The first-order valence-electron chi connectivity index (χ1n) is 11.6. The molecule has 0 saturated heterocycles. The molecule has 0 bridgehead atoms. The Bertz CT molecular complexity index is 1440. The Kier molecular flexibility index (Phi) is 8.74. The van der Waals surface area contributed by atoms with E-state index in [4.69, 9.17) is 27.9 Å². The van der Waals surface area contributed by atoms with Crippen molar-refractivity contribution in [3.05, 3.63) is 92.3 Å². The third kappa shape index (κ3) is 6.26. The Morgan fingerprint density at radius 2 is 1.86 bits per heavy atom. The molecule has 2 heterocycles. The molecule has 0 radical (unpaired) electrons. The van der Waals surface area contributed by atoms with Gasteiger partial charge in [0.2, 0.25) is 11.8 Å². The number of hydrogen-bond donors (Lipinski definition) is 1. The first-order valence-corrected chi connectivity index (χ1v) is 13.1. The molecule has 7 nitrogen and oxygen atoms in total. The fraction of sp³-hybridized carbons (Fsp3) is 0.222. The zero-order valence-corrected chi connectivity index (χ0v) is 23.4. The van der Waals surface area contributed by atoms with Gasteiger partial charge in [-0.3, -0.25) is 14.0 Å². The molecule has 0 aliphatic rings. The number of amides is 2. The monoisotopic (exact) mass is 602 g/mol. The van der Waals surface area contributed by atoms with E-state index in [2.05, 4.69) is 26.2 Å². The highest BCUT2D eigenvalue weighted by Crippen LogP contribution is 2.35. The van der Waals surface area contributed by atoms with Crippen LogP contribution in [0.4, 0.5) is 5.69 Å². The summed E-state index contributed by atoms with van der Waals surface area (Å²) in [4.78, 5) is 31.0. The highest BCUT2D eigenvalue weighted by molar-refractivity contribution is 9.10. The summed E-state index contributed by atoms with van der Waals surface area (Å²) in [6.45, 7) is 1.83. The summed E-state index contributed by atoms with van der Waals surface area (Å²) < 4.78 is 8.76. The topological polar surface area (TPSA) is 75.9 Å². The lowest BCUT2D eigenvalue weighted by Gasteiger charge is -2.21. The number of fused-ring (bicyclic) bond motifs is 1. The first kappa shape index (κ1) is 27.0.